The Morgan fingerprint density at radius 3 is 2.62 bits per heavy atom. The van der Waals surface area contributed by atoms with E-state index in [1.54, 1.807) is 18.2 Å². The van der Waals surface area contributed by atoms with Gasteiger partial charge >= 0.3 is 6.18 Å². The van der Waals surface area contributed by atoms with E-state index in [-0.39, 0.29) is 12.1 Å². The Balaban J connectivity index is 1.60. The van der Waals surface area contributed by atoms with Gasteiger partial charge in [0.2, 0.25) is 5.91 Å². The number of rotatable bonds is 4. The molecule has 3 aromatic rings. The third-order valence-corrected chi connectivity index (χ3v) is 5.07. The molecule has 1 aliphatic rings. The monoisotopic (exact) mass is 403 g/mol. The second kappa shape index (κ2) is 7.77. The Kier molecular flexibility index (Phi) is 5.17. The van der Waals surface area contributed by atoms with Crippen molar-refractivity contribution >= 4 is 28.3 Å². The van der Waals surface area contributed by atoms with E-state index < -0.39 is 17.6 Å². The number of carbonyl (C=O) groups is 1. The Morgan fingerprint density at radius 2 is 1.86 bits per heavy atom. The minimum atomic E-state index is -4.48. The molecule has 2 aromatic carbocycles. The molecule has 1 aromatic heterocycles. The van der Waals surface area contributed by atoms with E-state index in [1.807, 2.05) is 11.0 Å². The molecule has 4 rings (SSSR count). The van der Waals surface area contributed by atoms with E-state index in [4.69, 9.17) is 4.52 Å². The number of hydrogen-bond donors (Lipinski definition) is 1. The average Bonchev–Trinajstić information content (AvgIpc) is 3.11. The van der Waals surface area contributed by atoms with Crippen LogP contribution in [-0.4, -0.2) is 24.2 Å². The number of piperidine rings is 1. The molecule has 0 atom stereocenters. The number of para-hydroxylation sites is 1. The maximum absolute atomic E-state index is 13.2. The Hall–Kier alpha value is -3.03. The minimum absolute atomic E-state index is 0.0906. The van der Waals surface area contributed by atoms with Crippen LogP contribution in [0.5, 0.6) is 0 Å². The number of fused-ring (bicyclic) bond motifs is 1. The van der Waals surface area contributed by atoms with Crippen LogP contribution in [0.2, 0.25) is 0 Å². The first-order chi connectivity index (χ1) is 13.9. The van der Waals surface area contributed by atoms with Crippen LogP contribution in [-0.2, 0) is 17.4 Å². The zero-order valence-electron chi connectivity index (χ0n) is 15.6. The van der Waals surface area contributed by atoms with Gasteiger partial charge in [-0.2, -0.15) is 13.2 Å². The van der Waals surface area contributed by atoms with Crippen molar-refractivity contribution in [1.82, 2.24) is 5.16 Å². The fourth-order valence-corrected chi connectivity index (χ4v) is 3.64. The molecule has 0 unspecified atom stereocenters. The average molecular weight is 403 g/mol. The van der Waals surface area contributed by atoms with E-state index in [9.17, 15) is 18.0 Å². The first-order valence-electron chi connectivity index (χ1n) is 9.51. The highest BCUT2D eigenvalue weighted by molar-refractivity contribution is 5.97. The fraction of sp³-hybridized carbons (Fsp3) is 0.333. The summed E-state index contributed by atoms with van der Waals surface area (Å²) >= 11 is 0. The number of nitrogens with one attached hydrogen (secondary N) is 1. The van der Waals surface area contributed by atoms with Gasteiger partial charge in [-0.1, -0.05) is 17.3 Å². The molecule has 29 heavy (non-hydrogen) atoms. The third kappa shape index (κ3) is 4.21. The quantitative estimate of drug-likeness (QED) is 0.665. The topological polar surface area (TPSA) is 58.4 Å². The molecule has 5 nitrogen and oxygen atoms in total. The molecular weight excluding hydrogens is 383 g/mol. The number of anilines is 2. The lowest BCUT2D eigenvalue weighted by Gasteiger charge is -2.31. The van der Waals surface area contributed by atoms with Crippen molar-refractivity contribution in [3.63, 3.8) is 0 Å². The number of hydrogen-bond acceptors (Lipinski definition) is 4. The second-order valence-electron chi connectivity index (χ2n) is 7.13. The third-order valence-electron chi connectivity index (χ3n) is 5.07. The number of alkyl halides is 3. The van der Waals surface area contributed by atoms with E-state index in [2.05, 4.69) is 10.5 Å². The van der Waals surface area contributed by atoms with Crippen LogP contribution in [0.4, 0.5) is 24.5 Å². The van der Waals surface area contributed by atoms with Gasteiger partial charge in [-0.3, -0.25) is 4.79 Å². The number of benzene rings is 2. The highest BCUT2D eigenvalue weighted by atomic mass is 19.4. The summed E-state index contributed by atoms with van der Waals surface area (Å²) in [5, 5.41) is 7.29. The highest BCUT2D eigenvalue weighted by Crippen LogP contribution is 2.36. The van der Waals surface area contributed by atoms with E-state index in [0.29, 0.717) is 22.4 Å². The lowest BCUT2D eigenvalue weighted by Crippen LogP contribution is -2.30. The summed E-state index contributed by atoms with van der Waals surface area (Å²) in [6, 6.07) is 10.6. The highest BCUT2D eigenvalue weighted by Gasteiger charge is 2.32. The molecule has 1 aliphatic heterocycles. The molecule has 0 aliphatic carbocycles. The van der Waals surface area contributed by atoms with Crippen molar-refractivity contribution < 1.29 is 22.5 Å². The van der Waals surface area contributed by atoms with Gasteiger partial charge in [-0.25, -0.2) is 0 Å². The van der Waals surface area contributed by atoms with E-state index in [1.165, 1.54) is 6.07 Å². The summed E-state index contributed by atoms with van der Waals surface area (Å²) in [5.41, 5.74) is 0.990. The molecule has 8 heteroatoms. The normalized spacial score (nSPS) is 14.9. The number of nitrogens with zero attached hydrogens (tertiary/aromatic N) is 2. The van der Waals surface area contributed by atoms with Gasteiger partial charge in [0.1, 0.15) is 5.69 Å². The van der Waals surface area contributed by atoms with Crippen molar-refractivity contribution in [2.24, 2.45) is 0 Å². The first kappa shape index (κ1) is 19.3. The lowest BCUT2D eigenvalue weighted by molar-refractivity contribution is -0.137. The lowest BCUT2D eigenvalue weighted by atomic mass is 10.1. The van der Waals surface area contributed by atoms with Crippen LogP contribution in [0.1, 0.15) is 30.5 Å². The molecule has 1 saturated heterocycles. The fourth-order valence-electron chi connectivity index (χ4n) is 3.64. The van der Waals surface area contributed by atoms with Gasteiger partial charge in [0.25, 0.3) is 0 Å². The summed E-state index contributed by atoms with van der Waals surface area (Å²) in [6.07, 6.45) is -1.54. The van der Waals surface area contributed by atoms with Crippen molar-refractivity contribution in [3.05, 3.63) is 53.7 Å². The minimum Gasteiger partial charge on any atom is -0.370 e. The number of halogens is 3. The summed E-state index contributed by atoms with van der Waals surface area (Å²) in [5.74, 6) is -0.443. The van der Waals surface area contributed by atoms with Crippen LogP contribution in [0.25, 0.3) is 11.0 Å². The van der Waals surface area contributed by atoms with Crippen LogP contribution in [0.15, 0.2) is 47.0 Å². The van der Waals surface area contributed by atoms with E-state index >= 15 is 0 Å². The second-order valence-corrected chi connectivity index (χ2v) is 7.13. The standard InChI is InChI=1S/C21H20F3N3O2/c22-21(23,24)14-8-9-18(27-10-4-1-5-11-27)17(12-14)25-20(28)13-16-15-6-2-3-7-19(15)29-26-16/h2-3,6-9,12H,1,4-5,10-11,13H2,(H,25,28). The zero-order valence-corrected chi connectivity index (χ0v) is 15.6. The van der Waals surface area contributed by atoms with Crippen LogP contribution in [0, 0.1) is 0 Å². The maximum Gasteiger partial charge on any atom is 0.416 e. The summed E-state index contributed by atoms with van der Waals surface area (Å²) in [7, 11) is 0. The molecule has 1 fully saturated rings. The molecule has 0 spiro atoms. The van der Waals surface area contributed by atoms with Crippen molar-refractivity contribution in [1.29, 1.82) is 0 Å². The molecule has 0 radical (unpaired) electrons. The number of carbonyl (C=O) groups excluding carboxylic acids is 1. The molecule has 2 heterocycles. The van der Waals surface area contributed by atoms with Gasteiger partial charge < -0.3 is 14.7 Å². The van der Waals surface area contributed by atoms with Gasteiger partial charge in [0, 0.05) is 18.5 Å². The van der Waals surface area contributed by atoms with Crippen molar-refractivity contribution in [2.45, 2.75) is 31.9 Å². The zero-order chi connectivity index (χ0) is 20.4. The molecule has 0 bridgehead atoms. The largest absolute Gasteiger partial charge is 0.416 e. The summed E-state index contributed by atoms with van der Waals surface area (Å²) in [6.45, 7) is 1.50. The van der Waals surface area contributed by atoms with Crippen molar-refractivity contribution in [3.8, 4) is 0 Å². The summed E-state index contributed by atoms with van der Waals surface area (Å²) < 4.78 is 44.8. The van der Waals surface area contributed by atoms with Gasteiger partial charge in [-0.05, 0) is 49.6 Å². The Labute approximate surface area is 165 Å². The predicted molar refractivity (Wildman–Crippen MR) is 104 cm³/mol. The van der Waals surface area contributed by atoms with Crippen LogP contribution < -0.4 is 10.2 Å². The maximum atomic E-state index is 13.2. The smallest absolute Gasteiger partial charge is 0.370 e. The molecule has 1 N–H and O–H groups in total. The number of amides is 1. The molecule has 152 valence electrons. The predicted octanol–water partition coefficient (Wildman–Crippen LogP) is 5.02. The van der Waals surface area contributed by atoms with Crippen LogP contribution in [0.3, 0.4) is 0 Å². The Morgan fingerprint density at radius 1 is 1.10 bits per heavy atom. The van der Waals surface area contributed by atoms with Gasteiger partial charge in [-0.15, -0.1) is 0 Å². The van der Waals surface area contributed by atoms with E-state index in [0.717, 1.165) is 44.5 Å². The molecule has 1 amide bonds. The first-order valence-corrected chi connectivity index (χ1v) is 9.51. The Bertz CT molecular complexity index is 1020. The number of aromatic nitrogens is 1. The van der Waals surface area contributed by atoms with Gasteiger partial charge in [0.05, 0.1) is 23.4 Å². The molecular formula is C21H20F3N3O2. The molecule has 0 saturated carbocycles. The SMILES string of the molecule is O=C(Cc1noc2ccccc12)Nc1cc(C(F)(F)F)ccc1N1CCCCC1. The summed E-state index contributed by atoms with van der Waals surface area (Å²) in [4.78, 5) is 14.6. The van der Waals surface area contributed by atoms with Gasteiger partial charge in [0.15, 0.2) is 5.58 Å². The van der Waals surface area contributed by atoms with Crippen LogP contribution >= 0.6 is 0 Å². The van der Waals surface area contributed by atoms with Crippen molar-refractivity contribution in [2.75, 3.05) is 23.3 Å².